The van der Waals surface area contributed by atoms with Crippen LogP contribution in [0.5, 0.6) is 0 Å². The normalized spacial score (nSPS) is 55.4. The Morgan fingerprint density at radius 2 is 1.76 bits per heavy atom. The van der Waals surface area contributed by atoms with Crippen molar-refractivity contribution in [1.29, 1.82) is 0 Å². The van der Waals surface area contributed by atoms with Gasteiger partial charge in [-0.25, -0.2) is 6.57 Å². The fourth-order valence-corrected chi connectivity index (χ4v) is 5.51. The molecule has 0 bridgehead atoms. The van der Waals surface area contributed by atoms with E-state index >= 15 is 0 Å². The van der Waals surface area contributed by atoms with Crippen molar-refractivity contribution in [2.45, 2.75) is 58.9 Å². The average Bonchev–Trinajstić information content (AvgIpc) is 2.69. The van der Waals surface area contributed by atoms with Gasteiger partial charge in [0.1, 0.15) is 0 Å². The lowest BCUT2D eigenvalue weighted by atomic mass is 9.71. The van der Waals surface area contributed by atoms with Crippen LogP contribution >= 0.6 is 0 Å². The minimum Gasteiger partial charge on any atom is -0.310 e. The summed E-state index contributed by atoms with van der Waals surface area (Å²) >= 11 is 0. The molecule has 0 heterocycles. The van der Waals surface area contributed by atoms with Gasteiger partial charge in [-0.15, -0.1) is 0 Å². The molecule has 94 valence electrons. The molecule has 17 heavy (non-hydrogen) atoms. The first-order chi connectivity index (χ1) is 7.95. The van der Waals surface area contributed by atoms with Crippen LogP contribution in [-0.4, -0.2) is 5.54 Å². The summed E-state index contributed by atoms with van der Waals surface area (Å²) < 4.78 is 0. The highest BCUT2D eigenvalue weighted by Crippen LogP contribution is 2.72. The van der Waals surface area contributed by atoms with E-state index < -0.39 is 0 Å². The number of fused-ring (bicyclic) bond motifs is 3. The molecule has 0 spiro atoms. The molecule has 6 atom stereocenters. The maximum atomic E-state index is 7.80. The number of hydrogen-bond acceptors (Lipinski definition) is 0. The summed E-state index contributed by atoms with van der Waals surface area (Å²) in [6, 6.07) is 0. The van der Waals surface area contributed by atoms with E-state index in [1.807, 2.05) is 0 Å². The van der Waals surface area contributed by atoms with Crippen molar-refractivity contribution in [3.8, 4) is 0 Å². The highest BCUT2D eigenvalue weighted by Gasteiger charge is 2.72. The van der Waals surface area contributed by atoms with Crippen molar-refractivity contribution in [2.75, 3.05) is 0 Å². The van der Waals surface area contributed by atoms with Crippen LogP contribution in [-0.2, 0) is 0 Å². The quantitative estimate of drug-likeness (QED) is 0.544. The highest BCUT2D eigenvalue weighted by atomic mass is 14.9. The molecule has 3 saturated carbocycles. The summed E-state index contributed by atoms with van der Waals surface area (Å²) in [4.78, 5) is 4.23. The lowest BCUT2D eigenvalue weighted by molar-refractivity contribution is 0.196. The Morgan fingerprint density at radius 3 is 2.41 bits per heavy atom. The Morgan fingerprint density at radius 1 is 1.06 bits per heavy atom. The maximum absolute atomic E-state index is 7.80. The largest absolute Gasteiger partial charge is 0.310 e. The molecule has 0 saturated heterocycles. The smallest absolute Gasteiger partial charge is 0.238 e. The minimum absolute atomic E-state index is 0.00655. The van der Waals surface area contributed by atoms with E-state index in [-0.39, 0.29) is 5.54 Å². The van der Waals surface area contributed by atoms with Crippen LogP contribution < -0.4 is 0 Å². The third-order valence-corrected chi connectivity index (χ3v) is 6.69. The predicted octanol–water partition coefficient (Wildman–Crippen LogP) is 4.39. The molecule has 3 aliphatic rings. The van der Waals surface area contributed by atoms with Crippen LogP contribution in [0.25, 0.3) is 4.85 Å². The summed E-state index contributed by atoms with van der Waals surface area (Å²) in [5.41, 5.74) is 0.534. The molecule has 0 aromatic heterocycles. The molecule has 3 fully saturated rings. The van der Waals surface area contributed by atoms with Crippen molar-refractivity contribution in [1.82, 2.24) is 0 Å². The van der Waals surface area contributed by atoms with E-state index in [0.717, 1.165) is 17.8 Å². The zero-order valence-electron chi connectivity index (χ0n) is 11.7. The first-order valence-electron chi connectivity index (χ1n) is 7.33. The first-order valence-corrected chi connectivity index (χ1v) is 7.33. The van der Waals surface area contributed by atoms with Crippen LogP contribution in [0.15, 0.2) is 0 Å². The molecule has 0 radical (unpaired) electrons. The van der Waals surface area contributed by atoms with E-state index in [1.54, 1.807) is 0 Å². The van der Waals surface area contributed by atoms with Crippen molar-refractivity contribution in [2.24, 2.45) is 35.0 Å². The second-order valence-corrected chi connectivity index (χ2v) is 7.58. The van der Waals surface area contributed by atoms with Gasteiger partial charge in [-0.1, -0.05) is 27.7 Å². The predicted molar refractivity (Wildman–Crippen MR) is 70.4 cm³/mol. The van der Waals surface area contributed by atoms with Gasteiger partial charge in [0, 0.05) is 18.3 Å². The SMILES string of the molecule is [C-]#[N+][C@]12CC[C@H](C)[C@@H]1C1C(CC[C@@H]2C)C1(C)C. The molecule has 0 amide bonds. The van der Waals surface area contributed by atoms with Crippen molar-refractivity contribution in [3.63, 3.8) is 0 Å². The van der Waals surface area contributed by atoms with Gasteiger partial charge in [0.15, 0.2) is 0 Å². The van der Waals surface area contributed by atoms with Crippen molar-refractivity contribution < 1.29 is 0 Å². The van der Waals surface area contributed by atoms with Crippen molar-refractivity contribution >= 4 is 0 Å². The van der Waals surface area contributed by atoms with Gasteiger partial charge in [-0.05, 0) is 42.4 Å². The Balaban J connectivity index is 2.04. The van der Waals surface area contributed by atoms with Crippen LogP contribution in [0.1, 0.15) is 53.4 Å². The van der Waals surface area contributed by atoms with Gasteiger partial charge < -0.3 is 4.85 Å². The lowest BCUT2D eigenvalue weighted by Crippen LogP contribution is -2.39. The topological polar surface area (TPSA) is 4.36 Å². The van der Waals surface area contributed by atoms with Crippen LogP contribution in [0.4, 0.5) is 0 Å². The average molecular weight is 231 g/mol. The van der Waals surface area contributed by atoms with Gasteiger partial charge in [-0.2, -0.15) is 0 Å². The zero-order chi connectivity index (χ0) is 12.4. The summed E-state index contributed by atoms with van der Waals surface area (Å²) in [7, 11) is 0. The van der Waals surface area contributed by atoms with Crippen molar-refractivity contribution in [3.05, 3.63) is 11.4 Å². The van der Waals surface area contributed by atoms with Crippen LogP contribution in [0, 0.1) is 41.6 Å². The Bertz CT molecular complexity index is 377. The number of nitrogens with zero attached hydrogens (tertiary/aromatic N) is 1. The molecular formula is C16H25N. The lowest BCUT2D eigenvalue weighted by Gasteiger charge is -2.31. The van der Waals surface area contributed by atoms with Gasteiger partial charge in [0.05, 0.1) is 0 Å². The standard InChI is InChI=1S/C16H25N/c1-10-8-9-16(17-5)11(2)6-7-12-14(13(10)16)15(12,3)4/h10-14H,6-9H2,1-4H3/t10-,11-,12?,13+,14?,16-/m0/s1. The van der Waals surface area contributed by atoms with Gasteiger partial charge in [0.2, 0.25) is 5.54 Å². The minimum atomic E-state index is 0.00655. The molecular weight excluding hydrogens is 206 g/mol. The molecule has 0 N–H and O–H groups in total. The number of rotatable bonds is 0. The van der Waals surface area contributed by atoms with Gasteiger partial charge in [-0.3, -0.25) is 0 Å². The molecule has 0 aromatic rings. The Kier molecular flexibility index (Phi) is 2.23. The Hall–Kier alpha value is -0.510. The van der Waals surface area contributed by atoms with E-state index in [1.165, 1.54) is 25.7 Å². The third-order valence-electron chi connectivity index (χ3n) is 6.69. The van der Waals surface area contributed by atoms with E-state index in [0.29, 0.717) is 17.3 Å². The van der Waals surface area contributed by atoms with Crippen LogP contribution in [0.2, 0.25) is 0 Å². The van der Waals surface area contributed by atoms with E-state index in [4.69, 9.17) is 6.57 Å². The Labute approximate surface area is 106 Å². The van der Waals surface area contributed by atoms with Gasteiger partial charge in [0.25, 0.3) is 0 Å². The molecule has 1 nitrogen and oxygen atoms in total. The molecule has 0 aromatic carbocycles. The molecule has 0 aliphatic heterocycles. The molecule has 1 heteroatoms. The fourth-order valence-electron chi connectivity index (χ4n) is 5.51. The van der Waals surface area contributed by atoms with Crippen LogP contribution in [0.3, 0.4) is 0 Å². The second-order valence-electron chi connectivity index (χ2n) is 7.58. The van der Waals surface area contributed by atoms with E-state index in [9.17, 15) is 0 Å². The molecule has 3 aliphatic carbocycles. The highest BCUT2D eigenvalue weighted by molar-refractivity contribution is 5.23. The summed E-state index contributed by atoms with van der Waals surface area (Å²) in [6.45, 7) is 17.4. The van der Waals surface area contributed by atoms with E-state index in [2.05, 4.69) is 32.5 Å². The second kappa shape index (κ2) is 3.28. The fraction of sp³-hybridized carbons (Fsp3) is 0.938. The summed E-state index contributed by atoms with van der Waals surface area (Å²) in [5, 5.41) is 0. The monoisotopic (exact) mass is 231 g/mol. The molecule has 2 unspecified atom stereocenters. The first kappa shape index (κ1) is 11.6. The maximum Gasteiger partial charge on any atom is 0.238 e. The number of hydrogen-bond donors (Lipinski definition) is 0. The summed E-state index contributed by atoms with van der Waals surface area (Å²) in [5.74, 6) is 3.85. The summed E-state index contributed by atoms with van der Waals surface area (Å²) in [6.07, 6.45) is 5.12. The molecule has 3 rings (SSSR count). The zero-order valence-corrected chi connectivity index (χ0v) is 11.7. The van der Waals surface area contributed by atoms with Gasteiger partial charge >= 0.3 is 0 Å². The third kappa shape index (κ3) is 1.25.